The second kappa shape index (κ2) is 7.58. The summed E-state index contributed by atoms with van der Waals surface area (Å²) >= 11 is 5.82. The standard InChI is InChI=1S/C18H21ClFN/c1-3-10-21-18(4-2)14-7-5-6-13(11-14)16-9-8-15(19)12-17(16)20/h5-9,11-12,18,21H,3-4,10H2,1-2H3. The lowest BCUT2D eigenvalue weighted by Crippen LogP contribution is -2.21. The summed E-state index contributed by atoms with van der Waals surface area (Å²) in [5, 5.41) is 3.94. The Morgan fingerprint density at radius 2 is 1.95 bits per heavy atom. The maximum absolute atomic E-state index is 14.1. The van der Waals surface area contributed by atoms with E-state index in [-0.39, 0.29) is 5.82 Å². The molecule has 0 fully saturated rings. The highest BCUT2D eigenvalue weighted by Gasteiger charge is 2.11. The van der Waals surface area contributed by atoms with Crippen LogP contribution in [0.4, 0.5) is 4.39 Å². The Morgan fingerprint density at radius 3 is 2.62 bits per heavy atom. The quantitative estimate of drug-likeness (QED) is 0.733. The Labute approximate surface area is 131 Å². The van der Waals surface area contributed by atoms with E-state index in [1.807, 2.05) is 12.1 Å². The van der Waals surface area contributed by atoms with Crippen LogP contribution in [0.15, 0.2) is 42.5 Å². The SMILES string of the molecule is CCCNC(CC)c1cccc(-c2ccc(Cl)cc2F)c1. The van der Waals surface area contributed by atoms with Crippen molar-refractivity contribution in [1.82, 2.24) is 5.32 Å². The van der Waals surface area contributed by atoms with Gasteiger partial charge in [0.1, 0.15) is 5.82 Å². The van der Waals surface area contributed by atoms with E-state index < -0.39 is 0 Å². The van der Waals surface area contributed by atoms with Crippen molar-refractivity contribution in [2.75, 3.05) is 6.54 Å². The molecular formula is C18H21ClFN. The van der Waals surface area contributed by atoms with Crippen molar-refractivity contribution >= 4 is 11.6 Å². The minimum atomic E-state index is -0.283. The van der Waals surface area contributed by atoms with Crippen LogP contribution in [-0.4, -0.2) is 6.54 Å². The molecule has 0 aromatic heterocycles. The van der Waals surface area contributed by atoms with Gasteiger partial charge < -0.3 is 5.32 Å². The summed E-state index contributed by atoms with van der Waals surface area (Å²) in [6, 6.07) is 13.2. The molecule has 0 aliphatic carbocycles. The molecule has 0 saturated carbocycles. The zero-order chi connectivity index (χ0) is 15.2. The predicted molar refractivity (Wildman–Crippen MR) is 88.2 cm³/mol. The fourth-order valence-corrected chi connectivity index (χ4v) is 2.62. The average Bonchev–Trinajstić information content (AvgIpc) is 2.48. The summed E-state index contributed by atoms with van der Waals surface area (Å²) in [4.78, 5) is 0. The normalized spacial score (nSPS) is 12.4. The molecule has 2 aromatic rings. The molecule has 1 atom stereocenters. The lowest BCUT2D eigenvalue weighted by atomic mass is 9.98. The molecule has 2 rings (SSSR count). The van der Waals surface area contributed by atoms with Crippen molar-refractivity contribution in [3.05, 3.63) is 58.9 Å². The maximum Gasteiger partial charge on any atom is 0.132 e. The highest BCUT2D eigenvalue weighted by Crippen LogP contribution is 2.28. The number of rotatable bonds is 6. The summed E-state index contributed by atoms with van der Waals surface area (Å²) in [5.74, 6) is -0.283. The fourth-order valence-electron chi connectivity index (χ4n) is 2.46. The van der Waals surface area contributed by atoms with Crippen LogP contribution in [-0.2, 0) is 0 Å². The smallest absolute Gasteiger partial charge is 0.132 e. The molecule has 1 nitrogen and oxygen atoms in total. The first-order valence-corrected chi connectivity index (χ1v) is 7.82. The van der Waals surface area contributed by atoms with Gasteiger partial charge in [-0.25, -0.2) is 4.39 Å². The van der Waals surface area contributed by atoms with E-state index in [4.69, 9.17) is 11.6 Å². The molecule has 0 saturated heterocycles. The average molecular weight is 306 g/mol. The van der Waals surface area contributed by atoms with E-state index in [2.05, 4.69) is 31.3 Å². The van der Waals surface area contributed by atoms with Crippen molar-refractivity contribution in [2.24, 2.45) is 0 Å². The Hall–Kier alpha value is -1.38. The molecule has 0 bridgehead atoms. The lowest BCUT2D eigenvalue weighted by molar-refractivity contribution is 0.518. The minimum Gasteiger partial charge on any atom is -0.310 e. The number of nitrogens with one attached hydrogen (secondary N) is 1. The monoisotopic (exact) mass is 305 g/mol. The Bertz CT molecular complexity index is 598. The molecule has 21 heavy (non-hydrogen) atoms. The van der Waals surface area contributed by atoms with Gasteiger partial charge in [-0.3, -0.25) is 0 Å². The number of hydrogen-bond acceptors (Lipinski definition) is 1. The first-order chi connectivity index (χ1) is 10.2. The van der Waals surface area contributed by atoms with Gasteiger partial charge >= 0.3 is 0 Å². The molecule has 0 aliphatic heterocycles. The summed E-state index contributed by atoms with van der Waals surface area (Å²) in [7, 11) is 0. The number of halogens is 2. The van der Waals surface area contributed by atoms with E-state index in [9.17, 15) is 4.39 Å². The van der Waals surface area contributed by atoms with Crippen LogP contribution in [0.25, 0.3) is 11.1 Å². The van der Waals surface area contributed by atoms with E-state index in [1.54, 1.807) is 12.1 Å². The van der Waals surface area contributed by atoms with Crippen LogP contribution in [0.3, 0.4) is 0 Å². The van der Waals surface area contributed by atoms with Gasteiger partial charge in [0.05, 0.1) is 0 Å². The third-order valence-corrected chi connectivity index (χ3v) is 3.82. The molecule has 3 heteroatoms. The van der Waals surface area contributed by atoms with Gasteiger partial charge in [-0.1, -0.05) is 43.6 Å². The van der Waals surface area contributed by atoms with Crippen molar-refractivity contribution in [3.8, 4) is 11.1 Å². The summed E-state index contributed by atoms with van der Waals surface area (Å²) in [6.45, 7) is 5.29. The van der Waals surface area contributed by atoms with Gasteiger partial charge in [-0.15, -0.1) is 0 Å². The molecule has 1 unspecified atom stereocenters. The predicted octanol–water partition coefficient (Wildman–Crippen LogP) is 5.60. The van der Waals surface area contributed by atoms with Crippen LogP contribution in [0.1, 0.15) is 38.3 Å². The van der Waals surface area contributed by atoms with Crippen LogP contribution in [0, 0.1) is 5.82 Å². The highest BCUT2D eigenvalue weighted by molar-refractivity contribution is 6.30. The van der Waals surface area contributed by atoms with Gasteiger partial charge in [-0.2, -0.15) is 0 Å². The largest absolute Gasteiger partial charge is 0.310 e. The first kappa shape index (κ1) is 16.0. The van der Waals surface area contributed by atoms with Crippen LogP contribution < -0.4 is 5.32 Å². The van der Waals surface area contributed by atoms with E-state index in [0.717, 1.165) is 24.9 Å². The third kappa shape index (κ3) is 4.05. The van der Waals surface area contributed by atoms with Gasteiger partial charge in [0, 0.05) is 16.6 Å². The van der Waals surface area contributed by atoms with Crippen LogP contribution in [0.2, 0.25) is 5.02 Å². The lowest BCUT2D eigenvalue weighted by Gasteiger charge is -2.18. The Morgan fingerprint density at radius 1 is 1.14 bits per heavy atom. The zero-order valence-corrected chi connectivity index (χ0v) is 13.3. The van der Waals surface area contributed by atoms with Crippen LogP contribution >= 0.6 is 11.6 Å². The van der Waals surface area contributed by atoms with Crippen molar-refractivity contribution in [3.63, 3.8) is 0 Å². The number of hydrogen-bond donors (Lipinski definition) is 1. The van der Waals surface area contributed by atoms with Crippen molar-refractivity contribution in [2.45, 2.75) is 32.7 Å². The fraction of sp³-hybridized carbons (Fsp3) is 0.333. The first-order valence-electron chi connectivity index (χ1n) is 7.44. The van der Waals surface area contributed by atoms with E-state index in [1.165, 1.54) is 11.6 Å². The molecule has 0 aliphatic rings. The Kier molecular flexibility index (Phi) is 5.77. The highest BCUT2D eigenvalue weighted by atomic mass is 35.5. The third-order valence-electron chi connectivity index (χ3n) is 3.58. The summed E-state index contributed by atoms with van der Waals surface area (Å²) in [6.07, 6.45) is 2.11. The van der Waals surface area contributed by atoms with E-state index >= 15 is 0 Å². The van der Waals surface area contributed by atoms with Gasteiger partial charge in [-0.05, 0) is 54.8 Å². The van der Waals surface area contributed by atoms with Crippen molar-refractivity contribution in [1.29, 1.82) is 0 Å². The molecule has 2 aromatic carbocycles. The van der Waals surface area contributed by atoms with Gasteiger partial charge in [0.2, 0.25) is 0 Å². The number of benzene rings is 2. The molecule has 0 heterocycles. The van der Waals surface area contributed by atoms with Crippen molar-refractivity contribution < 1.29 is 4.39 Å². The molecule has 0 amide bonds. The van der Waals surface area contributed by atoms with Crippen LogP contribution in [0.5, 0.6) is 0 Å². The zero-order valence-electron chi connectivity index (χ0n) is 12.5. The maximum atomic E-state index is 14.1. The summed E-state index contributed by atoms with van der Waals surface area (Å²) in [5.41, 5.74) is 2.67. The molecule has 0 radical (unpaired) electrons. The Balaban J connectivity index is 2.32. The minimum absolute atomic E-state index is 0.283. The summed E-state index contributed by atoms with van der Waals surface area (Å²) < 4.78 is 14.1. The topological polar surface area (TPSA) is 12.0 Å². The van der Waals surface area contributed by atoms with Gasteiger partial charge in [0.15, 0.2) is 0 Å². The van der Waals surface area contributed by atoms with Gasteiger partial charge in [0.25, 0.3) is 0 Å². The molecule has 0 spiro atoms. The van der Waals surface area contributed by atoms with E-state index in [0.29, 0.717) is 16.6 Å². The molecule has 1 N–H and O–H groups in total. The molecule has 112 valence electrons. The second-order valence-corrected chi connectivity index (χ2v) is 5.60. The molecular weight excluding hydrogens is 285 g/mol. The second-order valence-electron chi connectivity index (χ2n) is 5.16.